The Hall–Kier alpha value is -3.09. The molecular weight excluding hydrogens is 341 g/mol. The van der Waals surface area contributed by atoms with Crippen LogP contribution >= 0.6 is 0 Å². The number of nitrogens with one attached hydrogen (secondary N) is 1. The van der Waals surface area contributed by atoms with Crippen molar-refractivity contribution in [2.45, 2.75) is 19.4 Å². The maximum atomic E-state index is 12.2. The molecule has 0 saturated heterocycles. The van der Waals surface area contributed by atoms with Crippen LogP contribution < -0.4 is 10.8 Å². The molecular formula is C20H20BN3O3. The van der Waals surface area contributed by atoms with E-state index in [2.05, 4.69) is 10.3 Å². The van der Waals surface area contributed by atoms with Crippen LogP contribution in [-0.4, -0.2) is 42.8 Å². The normalized spacial score (nSPS) is 13.6. The number of amides is 2. The van der Waals surface area contributed by atoms with Gasteiger partial charge in [0.05, 0.1) is 0 Å². The molecule has 27 heavy (non-hydrogen) atoms. The van der Waals surface area contributed by atoms with Crippen molar-refractivity contribution in [1.29, 1.82) is 0 Å². The van der Waals surface area contributed by atoms with E-state index in [0.29, 0.717) is 30.8 Å². The molecule has 1 N–H and O–H groups in total. The zero-order valence-electron chi connectivity index (χ0n) is 14.9. The second kappa shape index (κ2) is 9.03. The molecule has 136 valence electrons. The number of nitrogens with zero attached hydrogens (tertiary/aromatic N) is 2. The van der Waals surface area contributed by atoms with E-state index >= 15 is 0 Å². The lowest BCUT2D eigenvalue weighted by Crippen LogP contribution is -2.35. The van der Waals surface area contributed by atoms with Gasteiger partial charge in [-0.2, -0.15) is 0 Å². The second-order valence-corrected chi connectivity index (χ2v) is 6.26. The number of carbonyl (C=O) groups is 2. The van der Waals surface area contributed by atoms with E-state index in [9.17, 15) is 9.59 Å². The van der Waals surface area contributed by atoms with Crippen LogP contribution in [0.15, 0.2) is 60.3 Å². The first-order chi connectivity index (χ1) is 13.1. The minimum Gasteiger partial charge on any atom is -0.445 e. The van der Waals surface area contributed by atoms with Crippen molar-refractivity contribution in [3.05, 3.63) is 65.9 Å². The monoisotopic (exact) mass is 361 g/mol. The number of rotatable bonds is 5. The molecule has 3 rings (SSSR count). The number of benzene rings is 1. The Morgan fingerprint density at radius 2 is 2.00 bits per heavy atom. The Kier molecular flexibility index (Phi) is 6.25. The van der Waals surface area contributed by atoms with Crippen LogP contribution in [0.1, 0.15) is 18.4 Å². The number of ether oxygens (including phenoxy) is 1. The highest BCUT2D eigenvalue weighted by molar-refractivity contribution is 6.35. The van der Waals surface area contributed by atoms with Gasteiger partial charge in [-0.25, -0.2) is 9.78 Å². The van der Waals surface area contributed by atoms with Crippen molar-refractivity contribution in [3.8, 4) is 0 Å². The number of carbonyl (C=O) groups excluding carboxylic acids is 2. The van der Waals surface area contributed by atoms with Gasteiger partial charge in [0.2, 0.25) is 5.91 Å². The van der Waals surface area contributed by atoms with Crippen molar-refractivity contribution in [2.75, 3.05) is 18.4 Å². The molecule has 0 aliphatic carbocycles. The maximum Gasteiger partial charge on any atom is 0.410 e. The van der Waals surface area contributed by atoms with Crippen LogP contribution in [0.3, 0.4) is 0 Å². The van der Waals surface area contributed by atoms with Gasteiger partial charge in [-0.05, 0) is 18.1 Å². The van der Waals surface area contributed by atoms with Gasteiger partial charge in [0, 0.05) is 25.7 Å². The van der Waals surface area contributed by atoms with E-state index in [1.54, 1.807) is 23.2 Å². The van der Waals surface area contributed by atoms with E-state index < -0.39 is 0 Å². The predicted octanol–water partition coefficient (Wildman–Crippen LogP) is 2.17. The summed E-state index contributed by atoms with van der Waals surface area (Å²) in [4.78, 5) is 30.0. The van der Waals surface area contributed by atoms with Crippen LogP contribution in [0, 0.1) is 0 Å². The van der Waals surface area contributed by atoms with E-state index in [-0.39, 0.29) is 25.0 Å². The van der Waals surface area contributed by atoms with E-state index in [1.165, 1.54) is 0 Å². The van der Waals surface area contributed by atoms with Crippen LogP contribution in [0.2, 0.25) is 0 Å². The van der Waals surface area contributed by atoms with Crippen molar-refractivity contribution >= 4 is 31.1 Å². The van der Waals surface area contributed by atoms with E-state index in [0.717, 1.165) is 11.1 Å². The van der Waals surface area contributed by atoms with Gasteiger partial charge < -0.3 is 15.0 Å². The highest BCUT2D eigenvalue weighted by atomic mass is 16.6. The molecule has 0 atom stereocenters. The lowest BCUT2D eigenvalue weighted by atomic mass is 9.97. The minimum atomic E-state index is -0.347. The maximum absolute atomic E-state index is 12.2. The average Bonchev–Trinajstić information content (AvgIpc) is 2.69. The highest BCUT2D eigenvalue weighted by Crippen LogP contribution is 2.16. The Balaban J connectivity index is 1.45. The molecule has 0 unspecified atom stereocenters. The fraction of sp³-hybridized carbons (Fsp3) is 0.250. The summed E-state index contributed by atoms with van der Waals surface area (Å²) in [6.45, 7) is 1.21. The summed E-state index contributed by atoms with van der Waals surface area (Å²) in [6, 6.07) is 12.9. The van der Waals surface area contributed by atoms with Gasteiger partial charge in [-0.1, -0.05) is 53.5 Å². The summed E-state index contributed by atoms with van der Waals surface area (Å²) in [5.74, 6) is 0.191. The van der Waals surface area contributed by atoms with E-state index in [4.69, 9.17) is 12.6 Å². The molecule has 2 amide bonds. The third kappa shape index (κ3) is 5.44. The Morgan fingerprint density at radius 1 is 1.19 bits per heavy atom. The first-order valence-corrected chi connectivity index (χ1v) is 8.75. The first-order valence-electron chi connectivity index (χ1n) is 8.75. The Morgan fingerprint density at radius 3 is 2.70 bits per heavy atom. The molecule has 1 aliphatic rings. The zero-order valence-corrected chi connectivity index (χ0v) is 14.9. The van der Waals surface area contributed by atoms with Crippen LogP contribution in [0.5, 0.6) is 0 Å². The van der Waals surface area contributed by atoms with Gasteiger partial charge in [-0.15, -0.1) is 0 Å². The van der Waals surface area contributed by atoms with E-state index in [1.807, 2.05) is 36.4 Å². The largest absolute Gasteiger partial charge is 0.445 e. The average molecular weight is 361 g/mol. The molecule has 2 heterocycles. The number of hydrogen-bond donors (Lipinski definition) is 1. The number of anilines is 1. The summed E-state index contributed by atoms with van der Waals surface area (Å²) >= 11 is 0. The number of hydrogen-bond acceptors (Lipinski definition) is 4. The molecule has 0 bridgehead atoms. The smallest absolute Gasteiger partial charge is 0.410 e. The molecule has 6 nitrogen and oxygen atoms in total. The third-order valence-corrected chi connectivity index (χ3v) is 4.25. The molecule has 1 aromatic heterocycles. The second-order valence-electron chi connectivity index (χ2n) is 6.26. The molecule has 2 radical (unpaired) electrons. The third-order valence-electron chi connectivity index (χ3n) is 4.25. The fourth-order valence-electron chi connectivity index (χ4n) is 2.75. The topological polar surface area (TPSA) is 71.5 Å². The summed E-state index contributed by atoms with van der Waals surface area (Å²) < 4.78 is 5.33. The SMILES string of the molecule is [B]c1cccnc1NC(=O)CC1=CCN(C(=O)OCc2ccccc2)CC1. The molecule has 2 aromatic rings. The summed E-state index contributed by atoms with van der Waals surface area (Å²) in [5, 5.41) is 2.71. The Bertz CT molecular complexity index is 839. The van der Waals surface area contributed by atoms with Gasteiger partial charge in [-0.3, -0.25) is 4.79 Å². The first kappa shape index (κ1) is 18.7. The van der Waals surface area contributed by atoms with Crippen molar-refractivity contribution in [1.82, 2.24) is 9.88 Å². The zero-order chi connectivity index (χ0) is 19.1. The fourth-order valence-corrected chi connectivity index (χ4v) is 2.75. The highest BCUT2D eigenvalue weighted by Gasteiger charge is 2.20. The molecule has 1 aliphatic heterocycles. The standard InChI is InChI=1S/C20H20BN3O3/c21-17-7-4-10-22-19(17)23-18(25)13-15-8-11-24(12-9-15)20(26)27-14-16-5-2-1-3-6-16/h1-8,10H,9,11-14H2,(H,22,23,25). The molecule has 0 spiro atoms. The molecule has 0 fully saturated rings. The predicted molar refractivity (Wildman–Crippen MR) is 104 cm³/mol. The summed E-state index contributed by atoms with van der Waals surface area (Å²) in [7, 11) is 5.77. The summed E-state index contributed by atoms with van der Waals surface area (Å²) in [5.41, 5.74) is 2.36. The number of pyridine rings is 1. The van der Waals surface area contributed by atoms with Crippen molar-refractivity contribution in [3.63, 3.8) is 0 Å². The van der Waals surface area contributed by atoms with Crippen LogP contribution in [0.25, 0.3) is 0 Å². The quantitative estimate of drug-likeness (QED) is 0.655. The van der Waals surface area contributed by atoms with Crippen LogP contribution in [0.4, 0.5) is 10.6 Å². The molecule has 1 aromatic carbocycles. The lowest BCUT2D eigenvalue weighted by molar-refractivity contribution is -0.115. The lowest BCUT2D eigenvalue weighted by Gasteiger charge is -2.25. The molecule has 7 heteroatoms. The molecule has 0 saturated carbocycles. The van der Waals surface area contributed by atoms with Gasteiger partial charge in [0.25, 0.3) is 0 Å². The van der Waals surface area contributed by atoms with Crippen LogP contribution in [-0.2, 0) is 16.1 Å². The van der Waals surface area contributed by atoms with Crippen molar-refractivity contribution < 1.29 is 14.3 Å². The van der Waals surface area contributed by atoms with Gasteiger partial charge >= 0.3 is 6.09 Å². The van der Waals surface area contributed by atoms with Gasteiger partial charge in [0.1, 0.15) is 20.3 Å². The summed E-state index contributed by atoms with van der Waals surface area (Å²) in [6.07, 6.45) is 4.01. The van der Waals surface area contributed by atoms with Gasteiger partial charge in [0.15, 0.2) is 0 Å². The van der Waals surface area contributed by atoms with Crippen molar-refractivity contribution in [2.24, 2.45) is 0 Å². The number of aromatic nitrogens is 1. The Labute approximate surface area is 159 Å². The minimum absolute atomic E-state index is 0.174.